The Balaban J connectivity index is 1.29. The second kappa shape index (κ2) is 13.1. The van der Waals surface area contributed by atoms with Crippen LogP contribution in [0.25, 0.3) is 16.7 Å². The number of allylic oxidation sites excluding steroid dienone is 1. The summed E-state index contributed by atoms with van der Waals surface area (Å²) in [7, 11) is -3.42. The van der Waals surface area contributed by atoms with Crippen molar-refractivity contribution in [2.75, 3.05) is 39.0 Å². The van der Waals surface area contributed by atoms with Crippen LogP contribution in [-0.4, -0.2) is 81.9 Å². The fraction of sp³-hybridized carbons (Fsp3) is 0.424. The summed E-state index contributed by atoms with van der Waals surface area (Å²) in [6, 6.07) is 9.98. The van der Waals surface area contributed by atoms with Crippen molar-refractivity contribution in [3.8, 4) is 11.1 Å². The molecule has 3 aliphatic heterocycles. The van der Waals surface area contributed by atoms with Gasteiger partial charge in [0, 0.05) is 36.4 Å². The second-order valence-corrected chi connectivity index (χ2v) is 14.4. The van der Waals surface area contributed by atoms with Crippen LogP contribution >= 0.6 is 11.6 Å². The molecular formula is C33H38ClN3O8S. The average Bonchev–Trinajstić information content (AvgIpc) is 3.48. The van der Waals surface area contributed by atoms with Crippen LogP contribution in [0.1, 0.15) is 44.2 Å². The summed E-state index contributed by atoms with van der Waals surface area (Å²) in [5.74, 6) is -0.605. The number of amides is 1. The third-order valence-electron chi connectivity index (χ3n) is 8.61. The van der Waals surface area contributed by atoms with Gasteiger partial charge in [0.25, 0.3) is 0 Å². The van der Waals surface area contributed by atoms with E-state index in [9.17, 15) is 22.8 Å². The van der Waals surface area contributed by atoms with Gasteiger partial charge < -0.3 is 25.3 Å². The summed E-state index contributed by atoms with van der Waals surface area (Å²) in [6.45, 7) is 6.77. The van der Waals surface area contributed by atoms with E-state index < -0.39 is 33.5 Å². The topological polar surface area (TPSA) is 154 Å². The van der Waals surface area contributed by atoms with Crippen LogP contribution in [-0.2, 0) is 38.4 Å². The maximum atomic E-state index is 13.3. The number of carbonyl (C=O) groups excluding carboxylic acids is 3. The number of hydrogen-bond acceptors (Lipinski definition) is 10. The molecule has 1 spiro atoms. The number of aryl methyl sites for hydroxylation is 1. The molecule has 0 radical (unpaired) electrons. The smallest absolute Gasteiger partial charge is 0.347 e. The predicted molar refractivity (Wildman–Crippen MR) is 172 cm³/mol. The van der Waals surface area contributed by atoms with Crippen molar-refractivity contribution in [1.82, 2.24) is 10.2 Å². The lowest BCUT2D eigenvalue weighted by atomic mass is 9.86. The van der Waals surface area contributed by atoms with Crippen molar-refractivity contribution >= 4 is 44.9 Å². The maximum absolute atomic E-state index is 13.3. The van der Waals surface area contributed by atoms with E-state index in [1.807, 2.05) is 11.8 Å². The fourth-order valence-electron chi connectivity index (χ4n) is 6.22. The average molecular weight is 672 g/mol. The Labute approximate surface area is 273 Å². The summed E-state index contributed by atoms with van der Waals surface area (Å²) in [4.78, 5) is 40.4. The Hall–Kier alpha value is -3.87. The fourth-order valence-corrected chi connectivity index (χ4v) is 7.16. The lowest BCUT2D eigenvalue weighted by molar-refractivity contribution is -0.153. The van der Waals surface area contributed by atoms with Crippen LogP contribution in [0, 0.1) is 6.92 Å². The Morgan fingerprint density at radius 2 is 1.96 bits per heavy atom. The molecule has 2 atom stereocenters. The van der Waals surface area contributed by atoms with Gasteiger partial charge in [-0.25, -0.2) is 18.0 Å². The third-order valence-corrected chi connectivity index (χ3v) is 10.0. The molecule has 1 amide bonds. The van der Waals surface area contributed by atoms with E-state index in [1.54, 1.807) is 44.2 Å². The molecule has 13 heteroatoms. The zero-order valence-corrected chi connectivity index (χ0v) is 27.8. The summed E-state index contributed by atoms with van der Waals surface area (Å²) in [6.07, 6.45) is 1.97. The summed E-state index contributed by atoms with van der Waals surface area (Å²) in [5, 5.41) is 3.23. The van der Waals surface area contributed by atoms with Crippen molar-refractivity contribution < 1.29 is 37.0 Å². The number of esters is 2. The molecule has 0 bridgehead atoms. The first kappa shape index (κ1) is 33.5. The molecule has 11 nitrogen and oxygen atoms in total. The van der Waals surface area contributed by atoms with Gasteiger partial charge in [0.2, 0.25) is 5.91 Å². The van der Waals surface area contributed by atoms with E-state index in [4.69, 9.17) is 31.5 Å². The number of likely N-dealkylation sites (tertiary alicyclic amines) is 1. The molecule has 2 aromatic rings. The largest absolute Gasteiger partial charge is 0.483 e. The highest BCUT2D eigenvalue weighted by Gasteiger charge is 2.49. The molecular weight excluding hydrogens is 634 g/mol. The van der Waals surface area contributed by atoms with Gasteiger partial charge in [-0.1, -0.05) is 23.7 Å². The van der Waals surface area contributed by atoms with Crippen molar-refractivity contribution in [1.29, 1.82) is 0 Å². The number of piperidine rings is 1. The maximum Gasteiger partial charge on any atom is 0.347 e. The lowest BCUT2D eigenvalue weighted by Gasteiger charge is -2.39. The van der Waals surface area contributed by atoms with E-state index in [0.29, 0.717) is 64.5 Å². The summed E-state index contributed by atoms with van der Waals surface area (Å²) >= 11 is 6.71. The van der Waals surface area contributed by atoms with Gasteiger partial charge in [0.15, 0.2) is 21.5 Å². The number of nitrogens with two attached hydrogens (primary N) is 1. The molecule has 0 saturated carbocycles. The van der Waals surface area contributed by atoms with Gasteiger partial charge in [0.05, 0.1) is 35.1 Å². The zero-order chi connectivity index (χ0) is 33.4. The van der Waals surface area contributed by atoms with E-state index in [0.717, 1.165) is 11.8 Å². The van der Waals surface area contributed by atoms with Gasteiger partial charge in [-0.2, -0.15) is 0 Å². The van der Waals surface area contributed by atoms with Crippen LogP contribution < -0.4 is 11.1 Å². The molecule has 46 heavy (non-hydrogen) atoms. The predicted octanol–water partition coefficient (Wildman–Crippen LogP) is 3.52. The number of halogens is 1. The first-order chi connectivity index (χ1) is 21.7. The minimum absolute atomic E-state index is 0.0719. The first-order valence-corrected chi connectivity index (χ1v) is 17.3. The Morgan fingerprint density at radius 1 is 1.20 bits per heavy atom. The number of rotatable bonds is 9. The summed E-state index contributed by atoms with van der Waals surface area (Å²) in [5.41, 5.74) is 9.46. The van der Waals surface area contributed by atoms with E-state index in [1.165, 1.54) is 6.07 Å². The number of hydrogen-bond donors (Lipinski definition) is 2. The first-order valence-electron chi connectivity index (χ1n) is 15.1. The Morgan fingerprint density at radius 3 is 2.67 bits per heavy atom. The standard InChI is InChI=1S/C33H38ClN3O8S/c1-5-43-31(39)27-14-22(20(3)44-27)16-36-28(38)17-37-11-7-10-33(18-37)30(35)29(32(40)45-33)24-15-26(34)25(12-19(24)2)21-8-6-9-23(13-21)46(4,41)42/h6,8-9,12-13,15,27H,5,7,10-11,14,16-18,35H2,1-4H3,(H,36,38). The van der Waals surface area contributed by atoms with Crippen LogP contribution in [0.15, 0.2) is 58.3 Å². The minimum Gasteiger partial charge on any atom is -0.483 e. The van der Waals surface area contributed by atoms with Crippen LogP contribution in [0.3, 0.4) is 0 Å². The van der Waals surface area contributed by atoms with Crippen molar-refractivity contribution in [2.24, 2.45) is 5.73 Å². The van der Waals surface area contributed by atoms with Gasteiger partial charge >= 0.3 is 11.9 Å². The molecule has 0 aliphatic carbocycles. The molecule has 3 heterocycles. The van der Waals surface area contributed by atoms with Crippen LogP contribution in [0.4, 0.5) is 0 Å². The molecule has 5 rings (SSSR count). The highest BCUT2D eigenvalue weighted by Crippen LogP contribution is 2.43. The molecule has 3 aliphatic rings. The molecule has 0 aromatic heterocycles. The van der Waals surface area contributed by atoms with Gasteiger partial charge in [0.1, 0.15) is 0 Å². The molecule has 3 N–H and O–H groups in total. The third kappa shape index (κ3) is 6.79. The second-order valence-electron chi connectivity index (χ2n) is 11.9. The van der Waals surface area contributed by atoms with Gasteiger partial charge in [-0.05, 0) is 86.7 Å². The highest BCUT2D eigenvalue weighted by molar-refractivity contribution is 7.90. The normalized spacial score (nSPS) is 21.8. The number of carbonyl (C=O) groups is 3. The van der Waals surface area contributed by atoms with E-state index in [2.05, 4.69) is 5.32 Å². The Bertz CT molecular complexity index is 1770. The lowest BCUT2D eigenvalue weighted by Crippen LogP contribution is -2.53. The van der Waals surface area contributed by atoms with Crippen molar-refractivity contribution in [2.45, 2.75) is 56.6 Å². The summed E-state index contributed by atoms with van der Waals surface area (Å²) < 4.78 is 40.8. The quantitative estimate of drug-likeness (QED) is 0.379. The van der Waals surface area contributed by atoms with E-state index >= 15 is 0 Å². The Kier molecular flexibility index (Phi) is 9.53. The SMILES string of the molecule is CCOC(=O)C1CC(CNC(=O)CN2CCCC3(C2)OC(=O)C(c2cc(Cl)c(-c4cccc(S(C)(=O)=O)c4)cc2C)=C3N)=C(C)O1. The van der Waals surface area contributed by atoms with Crippen molar-refractivity contribution in [3.05, 3.63) is 69.6 Å². The monoisotopic (exact) mass is 671 g/mol. The number of nitrogens with one attached hydrogen (secondary N) is 1. The zero-order valence-electron chi connectivity index (χ0n) is 26.3. The van der Waals surface area contributed by atoms with E-state index in [-0.39, 0.29) is 42.6 Å². The number of nitrogens with zero attached hydrogens (tertiary/aromatic N) is 1. The number of benzene rings is 2. The van der Waals surface area contributed by atoms with Gasteiger partial charge in [-0.3, -0.25) is 9.69 Å². The molecule has 1 fully saturated rings. The molecule has 1 saturated heterocycles. The molecule has 246 valence electrons. The number of ether oxygens (including phenoxy) is 3. The highest BCUT2D eigenvalue weighted by atomic mass is 35.5. The number of sulfone groups is 1. The van der Waals surface area contributed by atoms with Crippen molar-refractivity contribution in [3.63, 3.8) is 0 Å². The van der Waals surface area contributed by atoms with Crippen LogP contribution in [0.5, 0.6) is 0 Å². The minimum atomic E-state index is -3.42. The molecule has 2 aromatic carbocycles. The van der Waals surface area contributed by atoms with Crippen LogP contribution in [0.2, 0.25) is 5.02 Å². The van der Waals surface area contributed by atoms with Gasteiger partial charge in [-0.15, -0.1) is 0 Å². The molecule has 2 unspecified atom stereocenters.